The monoisotopic (exact) mass is 394 g/mol. The average Bonchev–Trinajstić information content (AvgIpc) is 2.92. The highest BCUT2D eigenvalue weighted by Gasteiger charge is 2.34. The van der Waals surface area contributed by atoms with E-state index in [9.17, 15) is 18.0 Å². The summed E-state index contributed by atoms with van der Waals surface area (Å²) in [5.41, 5.74) is 0.401. The van der Waals surface area contributed by atoms with Crippen molar-refractivity contribution in [2.45, 2.75) is 56.0 Å². The van der Waals surface area contributed by atoms with E-state index in [-0.39, 0.29) is 23.0 Å². The Kier molecular flexibility index (Phi) is 5.86. The van der Waals surface area contributed by atoms with Crippen LogP contribution in [0.25, 0.3) is 0 Å². The van der Waals surface area contributed by atoms with Crippen LogP contribution >= 0.6 is 0 Å². The zero-order valence-corrected chi connectivity index (χ0v) is 16.5. The van der Waals surface area contributed by atoms with Gasteiger partial charge in [-0.2, -0.15) is 0 Å². The van der Waals surface area contributed by atoms with Crippen LogP contribution in [0.3, 0.4) is 0 Å². The molecule has 0 spiro atoms. The van der Waals surface area contributed by atoms with Gasteiger partial charge in [0.05, 0.1) is 17.1 Å². The number of piperidine rings is 1. The quantitative estimate of drug-likeness (QED) is 0.717. The predicted molar refractivity (Wildman–Crippen MR) is 101 cm³/mol. The van der Waals surface area contributed by atoms with Gasteiger partial charge in [-0.1, -0.05) is 0 Å². The van der Waals surface area contributed by atoms with E-state index in [0.717, 1.165) is 19.1 Å². The van der Waals surface area contributed by atoms with Crippen molar-refractivity contribution in [1.29, 1.82) is 0 Å². The Morgan fingerprint density at radius 1 is 1.19 bits per heavy atom. The summed E-state index contributed by atoms with van der Waals surface area (Å²) in [5, 5.41) is 6.31. The normalized spacial score (nSPS) is 24.4. The molecule has 3 rings (SSSR count). The Balaban J connectivity index is 1.73. The molecule has 2 saturated heterocycles. The van der Waals surface area contributed by atoms with Crippen LogP contribution in [0.5, 0.6) is 0 Å². The van der Waals surface area contributed by atoms with E-state index in [2.05, 4.69) is 10.6 Å². The van der Waals surface area contributed by atoms with Crippen molar-refractivity contribution in [2.75, 3.05) is 18.2 Å². The summed E-state index contributed by atoms with van der Waals surface area (Å²) in [7, 11) is -3.53. The van der Waals surface area contributed by atoms with Gasteiger partial charge in [-0.15, -0.1) is 0 Å². The first-order valence-electron chi connectivity index (χ1n) is 9.32. The molecular weight excluding hydrogens is 368 g/mol. The molecule has 2 N–H and O–H groups in total. The van der Waals surface area contributed by atoms with Crippen LogP contribution < -0.4 is 10.6 Å². The molecule has 7 nitrogen and oxygen atoms in total. The lowest BCUT2D eigenvalue weighted by Crippen LogP contribution is -2.39. The highest BCUT2D eigenvalue weighted by atomic mass is 32.2. The van der Waals surface area contributed by atoms with Gasteiger partial charge in [0.1, 0.15) is 0 Å². The van der Waals surface area contributed by atoms with Crippen molar-refractivity contribution in [3.05, 3.63) is 23.8 Å². The molecule has 148 valence electrons. The number of sulfone groups is 1. The van der Waals surface area contributed by atoms with Crippen molar-refractivity contribution in [3.8, 4) is 0 Å². The Hall–Kier alpha value is -1.93. The minimum atomic E-state index is -3.53. The molecule has 0 aliphatic carbocycles. The van der Waals surface area contributed by atoms with E-state index in [0.29, 0.717) is 30.1 Å². The third-order valence-corrected chi connectivity index (χ3v) is 6.27. The molecule has 0 radical (unpaired) electrons. The Morgan fingerprint density at radius 3 is 2.44 bits per heavy atom. The Labute approximate surface area is 159 Å². The minimum Gasteiger partial charge on any atom is -0.462 e. The standard InChI is InChI=1S/C19H26N2O5S/c1-3-26-19(23)13-9-16(11-17(10-13)27(2,24)25)21-18(22)8-12-6-14-4-5-15(7-12)20-14/h9-12,14-15,20H,3-8H2,1-2H3,(H,21,22). The summed E-state index contributed by atoms with van der Waals surface area (Å²) >= 11 is 0. The first kappa shape index (κ1) is 19.8. The van der Waals surface area contributed by atoms with E-state index < -0.39 is 15.8 Å². The molecule has 1 amide bonds. The fourth-order valence-corrected chi connectivity index (χ4v) is 4.72. The molecule has 2 atom stereocenters. The second-order valence-electron chi connectivity index (χ2n) is 7.47. The molecule has 0 aromatic heterocycles. The van der Waals surface area contributed by atoms with Crippen LogP contribution in [-0.2, 0) is 19.4 Å². The number of esters is 1. The van der Waals surface area contributed by atoms with Crippen molar-refractivity contribution >= 4 is 27.4 Å². The molecular formula is C19H26N2O5S. The van der Waals surface area contributed by atoms with Gasteiger partial charge in [0.15, 0.2) is 9.84 Å². The van der Waals surface area contributed by atoms with E-state index in [4.69, 9.17) is 4.74 Å². The number of benzene rings is 1. The molecule has 27 heavy (non-hydrogen) atoms. The van der Waals surface area contributed by atoms with Gasteiger partial charge < -0.3 is 15.4 Å². The van der Waals surface area contributed by atoms with Crippen molar-refractivity contribution < 1.29 is 22.7 Å². The number of rotatable bonds is 6. The highest BCUT2D eigenvalue weighted by Crippen LogP contribution is 2.33. The van der Waals surface area contributed by atoms with Crippen LogP contribution in [-0.4, -0.2) is 45.2 Å². The molecule has 8 heteroatoms. The highest BCUT2D eigenvalue weighted by molar-refractivity contribution is 7.90. The molecule has 1 aromatic carbocycles. The largest absolute Gasteiger partial charge is 0.462 e. The molecule has 2 heterocycles. The van der Waals surface area contributed by atoms with Crippen LogP contribution in [0.15, 0.2) is 23.1 Å². The smallest absolute Gasteiger partial charge is 0.338 e. The summed E-state index contributed by atoms with van der Waals surface area (Å²) in [6, 6.07) is 5.11. The van der Waals surface area contributed by atoms with Crippen LogP contribution in [0, 0.1) is 5.92 Å². The number of hydrogen-bond donors (Lipinski definition) is 2. The third-order valence-electron chi connectivity index (χ3n) is 5.17. The molecule has 2 aliphatic rings. The third kappa shape index (κ3) is 5.07. The SMILES string of the molecule is CCOC(=O)c1cc(NC(=O)CC2CC3CCC(C2)N3)cc(S(C)(=O)=O)c1. The van der Waals surface area contributed by atoms with Crippen molar-refractivity contribution in [1.82, 2.24) is 5.32 Å². The van der Waals surface area contributed by atoms with E-state index >= 15 is 0 Å². The van der Waals surface area contributed by atoms with Crippen LogP contribution in [0.4, 0.5) is 5.69 Å². The Morgan fingerprint density at radius 2 is 1.85 bits per heavy atom. The second kappa shape index (κ2) is 7.98. The van der Waals surface area contributed by atoms with Crippen LogP contribution in [0.1, 0.15) is 49.4 Å². The van der Waals surface area contributed by atoms with Gasteiger partial charge in [0.2, 0.25) is 5.91 Å². The maximum Gasteiger partial charge on any atom is 0.338 e. The average molecular weight is 394 g/mol. The molecule has 2 unspecified atom stereocenters. The van der Waals surface area contributed by atoms with Crippen LogP contribution in [0.2, 0.25) is 0 Å². The number of carbonyl (C=O) groups excluding carboxylic acids is 2. The van der Waals surface area contributed by atoms with Gasteiger partial charge >= 0.3 is 5.97 Å². The molecule has 0 saturated carbocycles. The Bertz CT molecular complexity index is 825. The molecule has 2 fully saturated rings. The fourth-order valence-electron chi connectivity index (χ4n) is 4.03. The number of nitrogens with one attached hydrogen (secondary N) is 2. The number of ether oxygens (including phenoxy) is 1. The predicted octanol–water partition coefficient (Wildman–Crippen LogP) is 2.13. The lowest BCUT2D eigenvalue weighted by Gasteiger charge is -2.28. The van der Waals surface area contributed by atoms with Gasteiger partial charge in [-0.3, -0.25) is 4.79 Å². The fraction of sp³-hybridized carbons (Fsp3) is 0.579. The molecule has 1 aromatic rings. The topological polar surface area (TPSA) is 102 Å². The summed E-state index contributed by atoms with van der Waals surface area (Å²) in [6.07, 6.45) is 5.77. The lowest BCUT2D eigenvalue weighted by atomic mass is 9.89. The van der Waals surface area contributed by atoms with Crippen molar-refractivity contribution in [3.63, 3.8) is 0 Å². The maximum absolute atomic E-state index is 12.5. The minimum absolute atomic E-state index is 0.0248. The number of anilines is 1. The van der Waals surface area contributed by atoms with E-state index in [1.165, 1.54) is 31.0 Å². The number of hydrogen-bond acceptors (Lipinski definition) is 6. The van der Waals surface area contributed by atoms with Crippen molar-refractivity contribution in [2.24, 2.45) is 5.92 Å². The number of carbonyl (C=O) groups is 2. The van der Waals surface area contributed by atoms with Gasteiger partial charge in [0.25, 0.3) is 0 Å². The lowest BCUT2D eigenvalue weighted by molar-refractivity contribution is -0.117. The van der Waals surface area contributed by atoms with Gasteiger partial charge in [-0.25, -0.2) is 13.2 Å². The summed E-state index contributed by atoms with van der Waals surface area (Å²) < 4.78 is 28.8. The number of amides is 1. The first-order chi connectivity index (χ1) is 12.7. The first-order valence-corrected chi connectivity index (χ1v) is 11.2. The summed E-state index contributed by atoms with van der Waals surface area (Å²) in [6.45, 7) is 1.86. The van der Waals surface area contributed by atoms with Gasteiger partial charge in [0, 0.05) is 30.4 Å². The zero-order chi connectivity index (χ0) is 19.6. The molecule has 2 aliphatic heterocycles. The second-order valence-corrected chi connectivity index (χ2v) is 9.48. The van der Waals surface area contributed by atoms with E-state index in [1.54, 1.807) is 6.92 Å². The summed E-state index contributed by atoms with van der Waals surface area (Å²) in [4.78, 5) is 24.5. The van der Waals surface area contributed by atoms with E-state index in [1.807, 2.05) is 0 Å². The number of fused-ring (bicyclic) bond motifs is 2. The molecule has 2 bridgehead atoms. The summed E-state index contributed by atoms with van der Waals surface area (Å²) in [5.74, 6) is -0.457. The maximum atomic E-state index is 12.5. The zero-order valence-electron chi connectivity index (χ0n) is 15.7. The van der Waals surface area contributed by atoms with Gasteiger partial charge in [-0.05, 0) is 56.7 Å².